The monoisotopic (exact) mass is 531 g/mol. The van der Waals surface area contributed by atoms with E-state index in [9.17, 15) is 0 Å². The van der Waals surface area contributed by atoms with Crippen LogP contribution in [0, 0.1) is 0 Å². The molecule has 2 fully saturated rings. The molecule has 6 heteroatoms. The van der Waals surface area contributed by atoms with E-state index in [2.05, 4.69) is 112 Å². The highest BCUT2D eigenvalue weighted by atomic mass is 16.7. The van der Waals surface area contributed by atoms with Gasteiger partial charge in [0.05, 0.1) is 20.3 Å². The number of hydroxylamine groups is 2. The minimum atomic E-state index is 0.120. The van der Waals surface area contributed by atoms with Crippen LogP contribution in [0.2, 0.25) is 0 Å². The van der Waals surface area contributed by atoms with Gasteiger partial charge in [0.1, 0.15) is 0 Å². The maximum Gasteiger partial charge on any atom is 0.0594 e. The minimum absolute atomic E-state index is 0.120. The Kier molecular flexibility index (Phi) is 19.1. The van der Waals surface area contributed by atoms with Gasteiger partial charge in [0.25, 0.3) is 0 Å². The highest BCUT2D eigenvalue weighted by Gasteiger charge is 2.23. The predicted molar refractivity (Wildman–Crippen MR) is 165 cm³/mol. The van der Waals surface area contributed by atoms with Gasteiger partial charge in [-0.1, -0.05) is 20.3 Å². The summed E-state index contributed by atoms with van der Waals surface area (Å²) < 4.78 is 5.25. The highest BCUT2D eigenvalue weighted by molar-refractivity contribution is 4.79. The SMILES string of the molecule is CC(C)(C)N1CCCCC1.CC(C)(C)N1CCOCC1.CCN(CC)C(C)(C)C.CON(C)C(C)(C)C. The van der Waals surface area contributed by atoms with Crippen LogP contribution in [0.15, 0.2) is 0 Å². The molecule has 2 aliphatic heterocycles. The maximum atomic E-state index is 5.25. The lowest BCUT2D eigenvalue weighted by molar-refractivity contribution is -0.166. The molecule has 0 radical (unpaired) electrons. The fourth-order valence-electron chi connectivity index (χ4n) is 4.25. The molecule has 0 bridgehead atoms. The van der Waals surface area contributed by atoms with Gasteiger partial charge < -0.3 is 9.57 Å². The summed E-state index contributed by atoms with van der Waals surface area (Å²) in [5.41, 5.74) is 1.20. The molecule has 2 aliphatic rings. The molecule has 2 saturated heterocycles. The number of hydrogen-bond donors (Lipinski definition) is 0. The first-order valence-electron chi connectivity index (χ1n) is 14.8. The zero-order valence-corrected chi connectivity index (χ0v) is 28.4. The van der Waals surface area contributed by atoms with Gasteiger partial charge in [-0.15, -0.1) is 0 Å². The molecule has 0 saturated carbocycles. The van der Waals surface area contributed by atoms with Gasteiger partial charge in [-0.05, 0) is 122 Å². The average molecular weight is 531 g/mol. The Balaban J connectivity index is 0. The number of piperidine rings is 1. The quantitative estimate of drug-likeness (QED) is 0.373. The van der Waals surface area contributed by atoms with Crippen LogP contribution in [0.5, 0.6) is 0 Å². The molecule has 0 spiro atoms. The van der Waals surface area contributed by atoms with E-state index in [1.54, 1.807) is 7.11 Å². The molecule has 0 aromatic carbocycles. The summed E-state index contributed by atoms with van der Waals surface area (Å²) >= 11 is 0. The molecule has 2 rings (SSSR count). The summed E-state index contributed by atoms with van der Waals surface area (Å²) in [6, 6.07) is 0. The average Bonchev–Trinajstić information content (AvgIpc) is 2.79. The van der Waals surface area contributed by atoms with E-state index in [1.165, 1.54) is 32.4 Å². The van der Waals surface area contributed by atoms with Crippen molar-refractivity contribution >= 4 is 0 Å². The van der Waals surface area contributed by atoms with Crippen molar-refractivity contribution in [1.29, 1.82) is 0 Å². The molecular formula is C31H70N4O2. The van der Waals surface area contributed by atoms with Gasteiger partial charge >= 0.3 is 0 Å². The van der Waals surface area contributed by atoms with E-state index in [0.29, 0.717) is 16.6 Å². The van der Waals surface area contributed by atoms with Crippen molar-refractivity contribution in [2.24, 2.45) is 0 Å². The van der Waals surface area contributed by atoms with E-state index < -0.39 is 0 Å². The fraction of sp³-hybridized carbons (Fsp3) is 1.00. The molecule has 0 aromatic heterocycles. The first-order chi connectivity index (χ1) is 16.7. The second-order valence-electron chi connectivity index (χ2n) is 14.2. The Morgan fingerprint density at radius 3 is 1.16 bits per heavy atom. The lowest BCUT2D eigenvalue weighted by atomic mass is 10.0. The lowest BCUT2D eigenvalue weighted by Gasteiger charge is -2.38. The fourth-order valence-corrected chi connectivity index (χ4v) is 4.25. The van der Waals surface area contributed by atoms with E-state index >= 15 is 0 Å². The third-order valence-corrected chi connectivity index (χ3v) is 7.20. The number of rotatable bonds is 3. The van der Waals surface area contributed by atoms with E-state index in [4.69, 9.17) is 9.57 Å². The lowest BCUT2D eigenvalue weighted by Crippen LogP contribution is -2.47. The van der Waals surface area contributed by atoms with Crippen LogP contribution in [0.3, 0.4) is 0 Å². The van der Waals surface area contributed by atoms with Crippen LogP contribution in [0.25, 0.3) is 0 Å². The summed E-state index contributed by atoms with van der Waals surface area (Å²) in [7, 11) is 3.59. The first kappa shape index (κ1) is 38.9. The second kappa shape index (κ2) is 18.2. The summed E-state index contributed by atoms with van der Waals surface area (Å²) in [5.74, 6) is 0. The van der Waals surface area contributed by atoms with E-state index in [1.807, 2.05) is 12.1 Å². The Labute approximate surface area is 234 Å². The molecule has 37 heavy (non-hydrogen) atoms. The normalized spacial score (nSPS) is 18.3. The van der Waals surface area contributed by atoms with Crippen molar-refractivity contribution in [2.45, 2.75) is 138 Å². The number of morpholine rings is 1. The molecule has 226 valence electrons. The largest absolute Gasteiger partial charge is 0.379 e. The number of nitrogens with zero attached hydrogens (tertiary/aromatic N) is 4. The summed E-state index contributed by atoms with van der Waals surface area (Å²) in [5, 5.41) is 1.81. The maximum absolute atomic E-state index is 5.25. The number of hydrogen-bond acceptors (Lipinski definition) is 6. The second-order valence-corrected chi connectivity index (χ2v) is 14.2. The van der Waals surface area contributed by atoms with Crippen LogP contribution in [-0.2, 0) is 9.57 Å². The van der Waals surface area contributed by atoms with Gasteiger partial charge in [0.2, 0.25) is 0 Å². The van der Waals surface area contributed by atoms with Crippen LogP contribution >= 0.6 is 0 Å². The number of likely N-dealkylation sites (tertiary alicyclic amines) is 1. The van der Waals surface area contributed by atoms with Crippen molar-refractivity contribution < 1.29 is 9.57 Å². The molecule has 0 amide bonds. The van der Waals surface area contributed by atoms with Crippen molar-refractivity contribution in [3.63, 3.8) is 0 Å². The third-order valence-electron chi connectivity index (χ3n) is 7.20. The van der Waals surface area contributed by atoms with Crippen LogP contribution in [-0.4, -0.2) is 109 Å². The minimum Gasteiger partial charge on any atom is -0.379 e. The zero-order chi connectivity index (χ0) is 29.5. The van der Waals surface area contributed by atoms with Gasteiger partial charge in [-0.2, -0.15) is 5.06 Å². The van der Waals surface area contributed by atoms with Crippen LogP contribution in [0.4, 0.5) is 0 Å². The van der Waals surface area contributed by atoms with E-state index in [-0.39, 0.29) is 5.54 Å². The standard InChI is InChI=1S/C9H19N.C8H17NO.C8H19N.C6H15NO/c1-9(2,3)10-7-5-4-6-8-10;1-8(2,3)9-4-6-10-7-5-9;1-6-9(7-2)8(3,4)5;1-6(2,3)7(4)8-5/h4-8H2,1-3H3;4-7H2,1-3H3;6-7H2,1-5H3;1-5H3. The molecule has 0 unspecified atom stereocenters. The van der Waals surface area contributed by atoms with Gasteiger partial charge in [-0.3, -0.25) is 14.7 Å². The van der Waals surface area contributed by atoms with Gasteiger partial charge in [0.15, 0.2) is 0 Å². The van der Waals surface area contributed by atoms with E-state index in [0.717, 1.165) is 39.4 Å². The molecule has 0 aliphatic carbocycles. The highest BCUT2D eigenvalue weighted by Crippen LogP contribution is 2.19. The zero-order valence-electron chi connectivity index (χ0n) is 28.4. The molecular weight excluding hydrogens is 460 g/mol. The smallest absolute Gasteiger partial charge is 0.0594 e. The van der Waals surface area contributed by atoms with Crippen LogP contribution in [0.1, 0.15) is 116 Å². The summed E-state index contributed by atoms with van der Waals surface area (Å²) in [4.78, 5) is 12.4. The Bertz CT molecular complexity index is 497. The predicted octanol–water partition coefficient (Wildman–Crippen LogP) is 6.79. The van der Waals surface area contributed by atoms with Crippen molar-refractivity contribution in [3.05, 3.63) is 0 Å². The molecule has 2 heterocycles. The molecule has 0 aromatic rings. The van der Waals surface area contributed by atoms with Crippen molar-refractivity contribution in [2.75, 3.05) is 66.6 Å². The van der Waals surface area contributed by atoms with Crippen LogP contribution < -0.4 is 0 Å². The number of ether oxygens (including phenoxy) is 1. The first-order valence-corrected chi connectivity index (χ1v) is 14.8. The Morgan fingerprint density at radius 1 is 0.622 bits per heavy atom. The topological polar surface area (TPSA) is 31.4 Å². The Hall–Kier alpha value is -0.240. The molecule has 6 nitrogen and oxygen atoms in total. The summed E-state index contributed by atoms with van der Waals surface area (Å²) in [6.45, 7) is 40.0. The van der Waals surface area contributed by atoms with Crippen molar-refractivity contribution in [1.82, 2.24) is 19.8 Å². The van der Waals surface area contributed by atoms with Gasteiger partial charge in [-0.25, -0.2) is 0 Å². The molecule has 0 atom stereocenters. The Morgan fingerprint density at radius 2 is 1.00 bits per heavy atom. The molecule has 0 N–H and O–H groups in total. The summed E-state index contributed by atoms with van der Waals surface area (Å²) in [6.07, 6.45) is 4.24. The third kappa shape index (κ3) is 19.5. The van der Waals surface area contributed by atoms with Gasteiger partial charge in [0, 0.05) is 42.3 Å². The van der Waals surface area contributed by atoms with Crippen molar-refractivity contribution in [3.8, 4) is 0 Å².